The van der Waals surface area contributed by atoms with Crippen LogP contribution in [0.3, 0.4) is 0 Å². The molecule has 1 heterocycles. The molecule has 0 unspecified atom stereocenters. The molecule has 0 radical (unpaired) electrons. The van der Waals surface area contributed by atoms with Gasteiger partial charge in [0.15, 0.2) is 0 Å². The number of benzene rings is 2. The van der Waals surface area contributed by atoms with Gasteiger partial charge >= 0.3 is 11.7 Å². The fourth-order valence-corrected chi connectivity index (χ4v) is 2.99. The lowest BCUT2D eigenvalue weighted by Gasteiger charge is -2.15. The van der Waals surface area contributed by atoms with Crippen molar-refractivity contribution in [3.8, 4) is 17.2 Å². The molecule has 0 atom stereocenters. The Morgan fingerprint density at radius 1 is 1.08 bits per heavy atom. The molecule has 7 nitrogen and oxygen atoms in total. The third-order valence-corrected chi connectivity index (χ3v) is 4.31. The van der Waals surface area contributed by atoms with Crippen molar-refractivity contribution in [1.29, 1.82) is 0 Å². The summed E-state index contributed by atoms with van der Waals surface area (Å²) in [6, 6.07) is 8.56. The Bertz CT molecular complexity index is 1030. The maximum absolute atomic E-state index is 12.6. The van der Waals surface area contributed by atoms with E-state index in [9.17, 15) is 9.59 Å². The lowest BCUT2D eigenvalue weighted by molar-refractivity contribution is 0.0601. The standard InChI is InChI=1S/C19H20N2O5/c1-5-11-9-15(17(25-3)10-16(11)24-2)21-14-7-6-12(18(22)26-4)8-13(14)20-19(21)23/h6-10H,5H2,1-4H3,(H,20,23). The van der Waals surface area contributed by atoms with Crippen LogP contribution in [-0.4, -0.2) is 36.8 Å². The zero-order valence-corrected chi connectivity index (χ0v) is 15.1. The monoisotopic (exact) mass is 356 g/mol. The number of esters is 1. The molecule has 0 bridgehead atoms. The molecule has 0 saturated heterocycles. The third kappa shape index (κ3) is 2.81. The summed E-state index contributed by atoms with van der Waals surface area (Å²) in [5, 5.41) is 0. The van der Waals surface area contributed by atoms with Gasteiger partial charge in [-0.15, -0.1) is 0 Å². The quantitative estimate of drug-likeness (QED) is 0.711. The predicted octanol–water partition coefficient (Wildman–Crippen LogP) is 2.69. The Morgan fingerprint density at radius 2 is 1.81 bits per heavy atom. The van der Waals surface area contributed by atoms with Crippen LogP contribution in [0.2, 0.25) is 0 Å². The van der Waals surface area contributed by atoms with Gasteiger partial charge in [-0.1, -0.05) is 6.92 Å². The molecular formula is C19H20N2O5. The number of rotatable bonds is 5. The number of methoxy groups -OCH3 is 3. The largest absolute Gasteiger partial charge is 0.496 e. The van der Waals surface area contributed by atoms with Gasteiger partial charge in [-0.3, -0.25) is 4.57 Å². The first kappa shape index (κ1) is 17.6. The van der Waals surface area contributed by atoms with Crippen molar-refractivity contribution in [3.63, 3.8) is 0 Å². The summed E-state index contributed by atoms with van der Waals surface area (Å²) in [6.45, 7) is 2.01. The van der Waals surface area contributed by atoms with Gasteiger partial charge in [0, 0.05) is 6.07 Å². The summed E-state index contributed by atoms with van der Waals surface area (Å²) in [7, 11) is 4.45. The molecule has 26 heavy (non-hydrogen) atoms. The fraction of sp³-hybridized carbons (Fsp3) is 0.263. The van der Waals surface area contributed by atoms with Crippen LogP contribution < -0.4 is 15.2 Å². The highest BCUT2D eigenvalue weighted by Gasteiger charge is 2.17. The van der Waals surface area contributed by atoms with Crippen molar-refractivity contribution >= 4 is 17.0 Å². The molecule has 0 aliphatic carbocycles. The van der Waals surface area contributed by atoms with Crippen molar-refractivity contribution in [2.24, 2.45) is 0 Å². The molecule has 0 aliphatic rings. The van der Waals surface area contributed by atoms with Crippen LogP contribution in [-0.2, 0) is 11.2 Å². The van der Waals surface area contributed by atoms with Crippen molar-refractivity contribution in [1.82, 2.24) is 9.55 Å². The molecule has 3 aromatic rings. The number of aromatic amines is 1. The lowest BCUT2D eigenvalue weighted by atomic mass is 10.1. The summed E-state index contributed by atoms with van der Waals surface area (Å²) >= 11 is 0. The first-order chi connectivity index (χ1) is 12.5. The topological polar surface area (TPSA) is 82.6 Å². The second-order valence-corrected chi connectivity index (χ2v) is 5.68. The zero-order chi connectivity index (χ0) is 18.8. The van der Waals surface area contributed by atoms with Gasteiger partial charge in [0.25, 0.3) is 0 Å². The summed E-state index contributed by atoms with van der Waals surface area (Å²) in [5.74, 6) is 0.754. The van der Waals surface area contributed by atoms with Crippen LogP contribution >= 0.6 is 0 Å². The number of carbonyl (C=O) groups is 1. The molecule has 0 amide bonds. The Labute approximate surface area is 150 Å². The highest BCUT2D eigenvalue weighted by molar-refractivity contribution is 5.94. The van der Waals surface area contributed by atoms with E-state index in [2.05, 4.69) is 4.98 Å². The summed E-state index contributed by atoms with van der Waals surface area (Å²) in [6.07, 6.45) is 0.740. The molecule has 0 saturated carbocycles. The van der Waals surface area contributed by atoms with E-state index in [1.807, 2.05) is 13.0 Å². The second kappa shape index (κ2) is 6.95. The van der Waals surface area contributed by atoms with Crippen molar-refractivity contribution in [2.75, 3.05) is 21.3 Å². The number of H-pyrrole nitrogens is 1. The van der Waals surface area contributed by atoms with Crippen LogP contribution in [0, 0.1) is 0 Å². The van der Waals surface area contributed by atoms with Crippen molar-refractivity contribution < 1.29 is 19.0 Å². The van der Waals surface area contributed by atoms with E-state index in [1.54, 1.807) is 38.5 Å². The van der Waals surface area contributed by atoms with Gasteiger partial charge < -0.3 is 19.2 Å². The number of aryl methyl sites for hydroxylation is 1. The molecule has 2 aromatic carbocycles. The molecule has 7 heteroatoms. The van der Waals surface area contributed by atoms with Gasteiger partial charge in [0.1, 0.15) is 11.5 Å². The Hall–Kier alpha value is -3.22. The van der Waals surface area contributed by atoms with E-state index >= 15 is 0 Å². The highest BCUT2D eigenvalue weighted by atomic mass is 16.5. The van der Waals surface area contributed by atoms with E-state index < -0.39 is 5.97 Å². The number of nitrogens with one attached hydrogen (secondary N) is 1. The van der Waals surface area contributed by atoms with Gasteiger partial charge in [-0.25, -0.2) is 9.59 Å². The average Bonchev–Trinajstić information content (AvgIpc) is 3.00. The van der Waals surface area contributed by atoms with Crippen LogP contribution in [0.25, 0.3) is 16.7 Å². The van der Waals surface area contributed by atoms with Crippen LogP contribution in [0.1, 0.15) is 22.8 Å². The highest BCUT2D eigenvalue weighted by Crippen LogP contribution is 2.33. The van der Waals surface area contributed by atoms with Crippen LogP contribution in [0.5, 0.6) is 11.5 Å². The number of hydrogen-bond donors (Lipinski definition) is 1. The van der Waals surface area contributed by atoms with Gasteiger partial charge in [-0.2, -0.15) is 0 Å². The second-order valence-electron chi connectivity index (χ2n) is 5.68. The predicted molar refractivity (Wildman–Crippen MR) is 97.7 cm³/mol. The molecule has 3 rings (SSSR count). The first-order valence-electron chi connectivity index (χ1n) is 8.12. The first-order valence-corrected chi connectivity index (χ1v) is 8.12. The normalized spacial score (nSPS) is 10.8. The van der Waals surface area contributed by atoms with Gasteiger partial charge in [-0.05, 0) is 36.2 Å². The van der Waals surface area contributed by atoms with Crippen molar-refractivity contribution in [2.45, 2.75) is 13.3 Å². The molecule has 1 aromatic heterocycles. The summed E-state index contributed by atoms with van der Waals surface area (Å²) < 4.78 is 17.1. The number of hydrogen-bond acceptors (Lipinski definition) is 5. The maximum atomic E-state index is 12.6. The number of nitrogens with zero attached hydrogens (tertiary/aromatic N) is 1. The van der Waals surface area contributed by atoms with E-state index in [0.29, 0.717) is 33.8 Å². The minimum atomic E-state index is -0.462. The minimum Gasteiger partial charge on any atom is -0.496 e. The summed E-state index contributed by atoms with van der Waals surface area (Å²) in [4.78, 5) is 27.1. The zero-order valence-electron chi connectivity index (χ0n) is 15.1. The minimum absolute atomic E-state index is 0.326. The molecule has 0 spiro atoms. The van der Waals surface area contributed by atoms with Crippen molar-refractivity contribution in [3.05, 3.63) is 51.9 Å². The number of aromatic nitrogens is 2. The Morgan fingerprint density at radius 3 is 2.42 bits per heavy atom. The average molecular weight is 356 g/mol. The Kier molecular flexibility index (Phi) is 4.71. The smallest absolute Gasteiger partial charge is 0.337 e. The molecule has 0 aliphatic heterocycles. The Balaban J connectivity index is 2.27. The van der Waals surface area contributed by atoms with E-state index in [1.165, 1.54) is 11.7 Å². The number of fused-ring (bicyclic) bond motifs is 1. The lowest BCUT2D eigenvalue weighted by Crippen LogP contribution is -2.16. The molecule has 0 fully saturated rings. The van der Waals surface area contributed by atoms with Gasteiger partial charge in [0.2, 0.25) is 0 Å². The SMILES string of the molecule is CCc1cc(-n2c(=O)[nH]c3cc(C(=O)OC)ccc32)c(OC)cc1OC. The van der Waals surface area contributed by atoms with Gasteiger partial charge in [0.05, 0.1) is 43.6 Å². The molecule has 136 valence electrons. The number of imidazole rings is 1. The molecule has 1 N–H and O–H groups in total. The number of ether oxygens (including phenoxy) is 3. The fourth-order valence-electron chi connectivity index (χ4n) is 2.99. The van der Waals surface area contributed by atoms with E-state index in [4.69, 9.17) is 14.2 Å². The van der Waals surface area contributed by atoms with E-state index in [-0.39, 0.29) is 5.69 Å². The summed E-state index contributed by atoms with van der Waals surface area (Å²) in [5.41, 5.74) is 2.77. The molecular weight excluding hydrogens is 336 g/mol. The third-order valence-electron chi connectivity index (χ3n) is 4.31. The maximum Gasteiger partial charge on any atom is 0.337 e. The van der Waals surface area contributed by atoms with Crippen LogP contribution in [0.4, 0.5) is 0 Å². The number of carbonyl (C=O) groups excluding carboxylic acids is 1. The van der Waals surface area contributed by atoms with E-state index in [0.717, 1.165) is 12.0 Å². The van der Waals surface area contributed by atoms with Crippen LogP contribution in [0.15, 0.2) is 35.1 Å².